The molecule has 3 rings (SSSR count). The van der Waals surface area contributed by atoms with E-state index in [-0.39, 0.29) is 5.82 Å². The van der Waals surface area contributed by atoms with Crippen LogP contribution in [0.25, 0.3) is 11.1 Å². The van der Waals surface area contributed by atoms with E-state index in [1.54, 1.807) is 6.07 Å². The van der Waals surface area contributed by atoms with E-state index in [9.17, 15) is 4.39 Å². The fourth-order valence-corrected chi connectivity index (χ4v) is 2.42. The molecule has 1 heterocycles. The second-order valence-corrected chi connectivity index (χ2v) is 5.81. The molecule has 4 heteroatoms. The Morgan fingerprint density at radius 2 is 1.85 bits per heavy atom. The highest BCUT2D eigenvalue weighted by molar-refractivity contribution is 14.1. The number of benzene rings is 2. The van der Waals surface area contributed by atoms with Crippen molar-refractivity contribution < 1.29 is 4.39 Å². The zero-order chi connectivity index (χ0) is 13.9. The predicted octanol–water partition coefficient (Wildman–Crippen LogP) is 4.34. The molecule has 0 radical (unpaired) electrons. The van der Waals surface area contributed by atoms with Crippen molar-refractivity contribution in [2.24, 2.45) is 0 Å². The first kappa shape index (κ1) is 13.3. The van der Waals surface area contributed by atoms with Crippen LogP contribution in [0.4, 0.5) is 4.39 Å². The number of nitrogens with zero attached hydrogens (tertiary/aromatic N) is 2. The number of rotatable bonds is 3. The van der Waals surface area contributed by atoms with Gasteiger partial charge in [-0.2, -0.15) is 5.10 Å². The Morgan fingerprint density at radius 1 is 1.05 bits per heavy atom. The molecule has 0 saturated carbocycles. The SMILES string of the molecule is Fc1cccc(Cn2cc(-c3ccc(I)cc3)cn2)c1. The van der Waals surface area contributed by atoms with Crippen molar-refractivity contribution in [1.82, 2.24) is 9.78 Å². The van der Waals surface area contributed by atoms with Crippen molar-refractivity contribution in [2.45, 2.75) is 6.54 Å². The number of hydrogen-bond donors (Lipinski definition) is 0. The van der Waals surface area contributed by atoms with Gasteiger partial charge in [0, 0.05) is 15.3 Å². The highest BCUT2D eigenvalue weighted by Crippen LogP contribution is 2.20. The zero-order valence-corrected chi connectivity index (χ0v) is 12.8. The normalized spacial score (nSPS) is 10.7. The van der Waals surface area contributed by atoms with Gasteiger partial charge in [0.25, 0.3) is 0 Å². The minimum absolute atomic E-state index is 0.215. The summed E-state index contributed by atoms with van der Waals surface area (Å²) in [6, 6.07) is 14.9. The van der Waals surface area contributed by atoms with E-state index in [2.05, 4.69) is 52.0 Å². The Morgan fingerprint density at radius 3 is 2.60 bits per heavy atom. The topological polar surface area (TPSA) is 17.8 Å². The first-order valence-electron chi connectivity index (χ1n) is 6.23. The van der Waals surface area contributed by atoms with Crippen LogP contribution in [0.15, 0.2) is 60.9 Å². The molecule has 0 saturated heterocycles. The second-order valence-electron chi connectivity index (χ2n) is 4.56. The van der Waals surface area contributed by atoms with E-state index in [4.69, 9.17) is 0 Å². The van der Waals surface area contributed by atoms with Crippen LogP contribution in [0, 0.1) is 9.39 Å². The number of aromatic nitrogens is 2. The highest BCUT2D eigenvalue weighted by Gasteiger charge is 2.03. The third kappa shape index (κ3) is 3.07. The van der Waals surface area contributed by atoms with Gasteiger partial charge >= 0.3 is 0 Å². The Balaban J connectivity index is 1.82. The average Bonchev–Trinajstić information content (AvgIpc) is 2.88. The first-order chi connectivity index (χ1) is 9.70. The number of hydrogen-bond acceptors (Lipinski definition) is 1. The molecule has 2 nitrogen and oxygen atoms in total. The fourth-order valence-electron chi connectivity index (χ4n) is 2.06. The van der Waals surface area contributed by atoms with Crippen molar-refractivity contribution in [1.29, 1.82) is 0 Å². The molecule has 2 aromatic carbocycles. The molecule has 0 atom stereocenters. The minimum atomic E-state index is -0.215. The minimum Gasteiger partial charge on any atom is -0.268 e. The lowest BCUT2D eigenvalue weighted by atomic mass is 10.1. The summed E-state index contributed by atoms with van der Waals surface area (Å²) in [6.45, 7) is 0.572. The van der Waals surface area contributed by atoms with E-state index < -0.39 is 0 Å². The summed E-state index contributed by atoms with van der Waals surface area (Å²) in [7, 11) is 0. The summed E-state index contributed by atoms with van der Waals surface area (Å²) >= 11 is 2.28. The third-order valence-corrected chi connectivity index (χ3v) is 3.76. The molecular weight excluding hydrogens is 366 g/mol. The van der Waals surface area contributed by atoms with Crippen molar-refractivity contribution in [3.63, 3.8) is 0 Å². The summed E-state index contributed by atoms with van der Waals surface area (Å²) in [4.78, 5) is 0. The van der Waals surface area contributed by atoms with Gasteiger partial charge in [-0.1, -0.05) is 24.3 Å². The van der Waals surface area contributed by atoms with Crippen LogP contribution in [0.1, 0.15) is 5.56 Å². The largest absolute Gasteiger partial charge is 0.268 e. The van der Waals surface area contributed by atoms with Gasteiger partial charge in [-0.05, 0) is 58.0 Å². The van der Waals surface area contributed by atoms with Crippen LogP contribution in [-0.2, 0) is 6.54 Å². The van der Waals surface area contributed by atoms with Crippen LogP contribution in [0.2, 0.25) is 0 Å². The van der Waals surface area contributed by atoms with E-state index in [0.717, 1.165) is 16.7 Å². The van der Waals surface area contributed by atoms with Crippen LogP contribution >= 0.6 is 22.6 Å². The summed E-state index contributed by atoms with van der Waals surface area (Å²) in [6.07, 6.45) is 3.81. The van der Waals surface area contributed by atoms with Gasteiger partial charge in [0.1, 0.15) is 5.82 Å². The van der Waals surface area contributed by atoms with Crippen LogP contribution in [0.3, 0.4) is 0 Å². The molecule has 100 valence electrons. The second kappa shape index (κ2) is 5.75. The molecule has 1 aromatic heterocycles. The molecule has 0 bridgehead atoms. The van der Waals surface area contributed by atoms with E-state index in [1.165, 1.54) is 15.7 Å². The molecule has 0 N–H and O–H groups in total. The van der Waals surface area contributed by atoms with Crippen LogP contribution < -0.4 is 0 Å². The molecule has 0 aliphatic carbocycles. The first-order valence-corrected chi connectivity index (χ1v) is 7.31. The Labute approximate surface area is 130 Å². The van der Waals surface area contributed by atoms with Crippen molar-refractivity contribution in [3.8, 4) is 11.1 Å². The Kier molecular flexibility index (Phi) is 3.82. The molecule has 0 fully saturated rings. The highest BCUT2D eigenvalue weighted by atomic mass is 127. The standard InChI is InChI=1S/C16H12FIN2/c17-15-3-1-2-12(8-15)10-20-11-14(9-19-20)13-4-6-16(18)7-5-13/h1-9,11H,10H2. The average molecular weight is 378 g/mol. The van der Waals surface area contributed by atoms with Gasteiger partial charge in [0.2, 0.25) is 0 Å². The predicted molar refractivity (Wildman–Crippen MR) is 85.9 cm³/mol. The fraction of sp³-hybridized carbons (Fsp3) is 0.0625. The maximum atomic E-state index is 13.1. The molecule has 0 aliphatic rings. The lowest BCUT2D eigenvalue weighted by molar-refractivity contribution is 0.619. The molecule has 0 amide bonds. The number of halogens is 2. The molecule has 0 aliphatic heterocycles. The maximum Gasteiger partial charge on any atom is 0.123 e. The Hall–Kier alpha value is -1.69. The quantitative estimate of drug-likeness (QED) is 0.620. The lowest BCUT2D eigenvalue weighted by Crippen LogP contribution is -1.99. The van der Waals surface area contributed by atoms with Crippen molar-refractivity contribution in [2.75, 3.05) is 0 Å². The van der Waals surface area contributed by atoms with Gasteiger partial charge in [-0.25, -0.2) is 4.39 Å². The molecular formula is C16H12FIN2. The summed E-state index contributed by atoms with van der Waals surface area (Å²) in [5, 5.41) is 4.33. The van der Waals surface area contributed by atoms with Gasteiger partial charge in [-0.3, -0.25) is 4.68 Å². The summed E-state index contributed by atoms with van der Waals surface area (Å²) < 4.78 is 16.2. The third-order valence-electron chi connectivity index (χ3n) is 3.04. The van der Waals surface area contributed by atoms with Gasteiger partial charge in [0.05, 0.1) is 12.7 Å². The molecule has 0 unspecified atom stereocenters. The van der Waals surface area contributed by atoms with Crippen LogP contribution in [-0.4, -0.2) is 9.78 Å². The van der Waals surface area contributed by atoms with Gasteiger partial charge in [0.15, 0.2) is 0 Å². The van der Waals surface area contributed by atoms with Gasteiger partial charge < -0.3 is 0 Å². The zero-order valence-electron chi connectivity index (χ0n) is 10.6. The molecule has 20 heavy (non-hydrogen) atoms. The smallest absolute Gasteiger partial charge is 0.123 e. The maximum absolute atomic E-state index is 13.1. The van der Waals surface area contributed by atoms with E-state index in [0.29, 0.717) is 6.54 Å². The van der Waals surface area contributed by atoms with Gasteiger partial charge in [-0.15, -0.1) is 0 Å². The van der Waals surface area contributed by atoms with E-state index >= 15 is 0 Å². The van der Waals surface area contributed by atoms with Crippen molar-refractivity contribution in [3.05, 3.63) is 75.9 Å². The van der Waals surface area contributed by atoms with E-state index in [1.807, 2.05) is 23.1 Å². The Bertz CT molecular complexity index is 719. The van der Waals surface area contributed by atoms with Crippen LogP contribution in [0.5, 0.6) is 0 Å². The molecule has 3 aromatic rings. The molecule has 0 spiro atoms. The summed E-state index contributed by atoms with van der Waals surface area (Å²) in [5.74, 6) is -0.215. The monoisotopic (exact) mass is 378 g/mol. The lowest BCUT2D eigenvalue weighted by Gasteiger charge is -2.01. The van der Waals surface area contributed by atoms with Crippen molar-refractivity contribution >= 4 is 22.6 Å². The summed E-state index contributed by atoms with van der Waals surface area (Å²) in [5.41, 5.74) is 3.11.